The molecular formula is C15H15F2NO4. The third-order valence-corrected chi connectivity index (χ3v) is 3.29. The van der Waals surface area contributed by atoms with E-state index in [9.17, 15) is 8.78 Å². The van der Waals surface area contributed by atoms with Crippen LogP contribution in [0.5, 0.6) is 11.5 Å². The van der Waals surface area contributed by atoms with Gasteiger partial charge in [0.15, 0.2) is 11.5 Å². The van der Waals surface area contributed by atoms with Gasteiger partial charge in [-0.15, -0.1) is 0 Å². The molecule has 1 saturated carbocycles. The number of nitrogens with zero attached hydrogens (tertiary/aromatic N) is 1. The van der Waals surface area contributed by atoms with E-state index in [1.807, 2.05) is 0 Å². The monoisotopic (exact) mass is 311 g/mol. The lowest BCUT2D eigenvalue weighted by Crippen LogP contribution is -2.06. The van der Waals surface area contributed by atoms with Gasteiger partial charge in [-0.25, -0.2) is 4.98 Å². The van der Waals surface area contributed by atoms with Gasteiger partial charge in [0.2, 0.25) is 5.89 Å². The van der Waals surface area contributed by atoms with E-state index < -0.39 is 6.61 Å². The molecule has 1 heterocycles. The number of ether oxygens (including phenoxy) is 2. The average molecular weight is 311 g/mol. The zero-order valence-corrected chi connectivity index (χ0v) is 11.7. The maximum Gasteiger partial charge on any atom is 0.387 e. The number of aliphatic hydroxyl groups excluding tert-OH is 1. The second kappa shape index (κ2) is 6.31. The molecule has 1 N–H and O–H groups in total. The number of aromatic nitrogens is 1. The van der Waals surface area contributed by atoms with E-state index in [0.29, 0.717) is 23.8 Å². The highest BCUT2D eigenvalue weighted by Crippen LogP contribution is 2.36. The molecule has 0 bridgehead atoms. The summed E-state index contributed by atoms with van der Waals surface area (Å²) in [6, 6.07) is 4.49. The molecule has 0 saturated heterocycles. The summed E-state index contributed by atoms with van der Waals surface area (Å²) in [5, 5.41) is 9.00. The Hall–Kier alpha value is -2.15. The summed E-state index contributed by atoms with van der Waals surface area (Å²) >= 11 is 0. The van der Waals surface area contributed by atoms with Gasteiger partial charge >= 0.3 is 6.61 Å². The lowest BCUT2D eigenvalue weighted by atomic mass is 10.2. The lowest BCUT2D eigenvalue weighted by Gasteiger charge is -2.12. The Kier molecular flexibility index (Phi) is 4.24. The van der Waals surface area contributed by atoms with Crippen molar-refractivity contribution < 1.29 is 27.8 Å². The van der Waals surface area contributed by atoms with Crippen LogP contribution in [0.3, 0.4) is 0 Å². The summed E-state index contributed by atoms with van der Waals surface area (Å²) in [5.74, 6) is 0.969. The summed E-state index contributed by atoms with van der Waals surface area (Å²) in [6.45, 7) is -2.69. The molecule has 0 aliphatic heterocycles. The Morgan fingerprint density at radius 2 is 2.14 bits per heavy atom. The highest BCUT2D eigenvalue weighted by molar-refractivity contribution is 5.60. The number of oxazole rings is 1. The first-order valence-corrected chi connectivity index (χ1v) is 6.93. The first kappa shape index (κ1) is 14.8. The molecule has 1 aliphatic carbocycles. The fourth-order valence-corrected chi connectivity index (χ4v) is 1.95. The van der Waals surface area contributed by atoms with Crippen LogP contribution in [-0.2, 0) is 6.61 Å². The average Bonchev–Trinajstić information content (AvgIpc) is 3.20. The molecule has 7 heteroatoms. The lowest BCUT2D eigenvalue weighted by molar-refractivity contribution is -0.0515. The van der Waals surface area contributed by atoms with Crippen LogP contribution in [0, 0.1) is 5.92 Å². The molecule has 0 atom stereocenters. The quantitative estimate of drug-likeness (QED) is 0.850. The molecule has 2 aromatic rings. The topological polar surface area (TPSA) is 64.7 Å². The summed E-state index contributed by atoms with van der Waals surface area (Å²) < 4.78 is 40.2. The summed E-state index contributed by atoms with van der Waals surface area (Å²) in [7, 11) is 0. The van der Waals surface area contributed by atoms with Crippen LogP contribution in [0.15, 0.2) is 28.9 Å². The van der Waals surface area contributed by atoms with Crippen LogP contribution >= 0.6 is 0 Å². The van der Waals surface area contributed by atoms with Gasteiger partial charge in [-0.05, 0) is 37.0 Å². The first-order valence-electron chi connectivity index (χ1n) is 6.93. The highest BCUT2D eigenvalue weighted by Gasteiger charge is 2.23. The molecule has 0 radical (unpaired) electrons. The van der Waals surface area contributed by atoms with E-state index in [2.05, 4.69) is 9.72 Å². The number of alkyl halides is 2. The van der Waals surface area contributed by atoms with Gasteiger partial charge < -0.3 is 19.0 Å². The van der Waals surface area contributed by atoms with Crippen molar-refractivity contribution in [3.8, 4) is 23.0 Å². The molecule has 3 rings (SSSR count). The minimum Gasteiger partial charge on any atom is -0.489 e. The van der Waals surface area contributed by atoms with Crippen LogP contribution < -0.4 is 9.47 Å². The predicted molar refractivity (Wildman–Crippen MR) is 72.7 cm³/mol. The van der Waals surface area contributed by atoms with Crippen LogP contribution in [-0.4, -0.2) is 23.3 Å². The molecule has 22 heavy (non-hydrogen) atoms. The zero-order chi connectivity index (χ0) is 15.5. The van der Waals surface area contributed by atoms with Crippen LogP contribution in [0.4, 0.5) is 8.78 Å². The number of aliphatic hydroxyl groups is 1. The van der Waals surface area contributed by atoms with Crippen molar-refractivity contribution >= 4 is 0 Å². The van der Waals surface area contributed by atoms with Crippen molar-refractivity contribution in [2.45, 2.75) is 26.1 Å². The van der Waals surface area contributed by atoms with Gasteiger partial charge in [0.25, 0.3) is 0 Å². The van der Waals surface area contributed by atoms with Crippen LogP contribution in [0.2, 0.25) is 0 Å². The van der Waals surface area contributed by atoms with Crippen molar-refractivity contribution in [2.75, 3.05) is 6.61 Å². The molecular weight excluding hydrogens is 296 g/mol. The SMILES string of the molecule is OCc1coc(-c2ccc(OC(F)F)c(OCC3CC3)c2)n1. The van der Waals surface area contributed by atoms with Gasteiger partial charge in [0.1, 0.15) is 12.0 Å². The fraction of sp³-hybridized carbons (Fsp3) is 0.400. The second-order valence-electron chi connectivity index (χ2n) is 5.10. The Bertz CT molecular complexity index is 640. The molecule has 1 aliphatic rings. The normalized spacial score (nSPS) is 14.4. The van der Waals surface area contributed by atoms with Crippen molar-refractivity contribution in [3.63, 3.8) is 0 Å². The largest absolute Gasteiger partial charge is 0.489 e. The number of halogens is 2. The van der Waals surface area contributed by atoms with E-state index in [0.717, 1.165) is 12.8 Å². The Balaban J connectivity index is 1.85. The fourth-order valence-electron chi connectivity index (χ4n) is 1.95. The summed E-state index contributed by atoms with van der Waals surface area (Å²) in [5.41, 5.74) is 0.954. The molecule has 5 nitrogen and oxygen atoms in total. The van der Waals surface area contributed by atoms with Gasteiger partial charge in [0, 0.05) is 5.56 Å². The number of hydrogen-bond donors (Lipinski definition) is 1. The van der Waals surface area contributed by atoms with Crippen LogP contribution in [0.1, 0.15) is 18.5 Å². The van der Waals surface area contributed by atoms with E-state index in [1.165, 1.54) is 12.3 Å². The Labute approximate surface area is 125 Å². The Morgan fingerprint density at radius 1 is 1.32 bits per heavy atom. The molecule has 1 aromatic carbocycles. The third-order valence-electron chi connectivity index (χ3n) is 3.29. The number of benzene rings is 1. The molecule has 1 aromatic heterocycles. The van der Waals surface area contributed by atoms with Crippen molar-refractivity contribution in [3.05, 3.63) is 30.2 Å². The summed E-state index contributed by atoms with van der Waals surface area (Å²) in [6.07, 6.45) is 3.51. The number of rotatable bonds is 7. The molecule has 118 valence electrons. The van der Waals surface area contributed by atoms with Crippen molar-refractivity contribution in [1.29, 1.82) is 0 Å². The van der Waals surface area contributed by atoms with Gasteiger partial charge in [-0.1, -0.05) is 0 Å². The predicted octanol–water partition coefficient (Wildman–Crippen LogP) is 3.22. The summed E-state index contributed by atoms with van der Waals surface area (Å²) in [4.78, 5) is 4.08. The van der Waals surface area contributed by atoms with Gasteiger partial charge in [0.05, 0.1) is 13.2 Å². The number of hydrogen-bond acceptors (Lipinski definition) is 5. The van der Waals surface area contributed by atoms with Crippen LogP contribution in [0.25, 0.3) is 11.5 Å². The minimum absolute atomic E-state index is 0.0201. The molecule has 0 spiro atoms. The Morgan fingerprint density at radius 3 is 2.77 bits per heavy atom. The maximum atomic E-state index is 12.4. The van der Waals surface area contributed by atoms with E-state index in [-0.39, 0.29) is 24.0 Å². The highest BCUT2D eigenvalue weighted by atomic mass is 19.3. The van der Waals surface area contributed by atoms with Gasteiger partial charge in [-0.3, -0.25) is 0 Å². The first-order chi connectivity index (χ1) is 10.7. The zero-order valence-electron chi connectivity index (χ0n) is 11.7. The molecule has 0 amide bonds. The van der Waals surface area contributed by atoms with E-state index >= 15 is 0 Å². The van der Waals surface area contributed by atoms with E-state index in [1.54, 1.807) is 12.1 Å². The second-order valence-corrected chi connectivity index (χ2v) is 5.10. The van der Waals surface area contributed by atoms with Crippen molar-refractivity contribution in [2.24, 2.45) is 5.92 Å². The minimum atomic E-state index is -2.92. The van der Waals surface area contributed by atoms with Crippen molar-refractivity contribution in [1.82, 2.24) is 4.98 Å². The molecule has 1 fully saturated rings. The standard InChI is InChI=1S/C15H15F2NO4/c16-15(17)22-12-4-3-10(14-18-11(6-19)8-21-14)5-13(12)20-7-9-1-2-9/h3-5,8-9,15,19H,1-2,6-7H2. The molecule has 0 unspecified atom stereocenters. The smallest absolute Gasteiger partial charge is 0.387 e. The third kappa shape index (κ3) is 3.54. The van der Waals surface area contributed by atoms with E-state index in [4.69, 9.17) is 14.3 Å². The maximum absolute atomic E-state index is 12.4. The van der Waals surface area contributed by atoms with Gasteiger partial charge in [-0.2, -0.15) is 8.78 Å².